The van der Waals surface area contributed by atoms with Gasteiger partial charge in [0.1, 0.15) is 22.6 Å². The third-order valence-electron chi connectivity index (χ3n) is 6.52. The number of carbonyl (C=O) groups is 1. The molecule has 0 unspecified atom stereocenters. The van der Waals surface area contributed by atoms with Crippen LogP contribution < -0.4 is 4.90 Å². The Hall–Kier alpha value is -4.06. The molecule has 6 nitrogen and oxygen atoms in total. The molecule has 2 heterocycles. The third kappa shape index (κ3) is 4.59. The molecule has 5 rings (SSSR count). The lowest BCUT2D eigenvalue weighted by molar-refractivity contribution is 0.112. The van der Waals surface area contributed by atoms with E-state index in [-0.39, 0.29) is 11.6 Å². The van der Waals surface area contributed by atoms with Crippen LogP contribution in [0.15, 0.2) is 69.5 Å². The number of anilines is 1. The van der Waals surface area contributed by atoms with Crippen LogP contribution in [-0.4, -0.2) is 29.5 Å². The number of hydrogen-bond acceptors (Lipinski definition) is 6. The first kappa shape index (κ1) is 23.7. The van der Waals surface area contributed by atoms with E-state index in [1.165, 1.54) is 31.4 Å². The average Bonchev–Trinajstić information content (AvgIpc) is 3.52. The number of aromatic nitrogens is 1. The number of aldehydes is 1. The van der Waals surface area contributed by atoms with Gasteiger partial charge in [-0.25, -0.2) is 4.98 Å². The number of nitrogens with zero attached hydrogens (tertiary/aromatic N) is 2. The summed E-state index contributed by atoms with van der Waals surface area (Å²) in [4.78, 5) is 18.3. The van der Waals surface area contributed by atoms with Crippen molar-refractivity contribution in [1.82, 2.24) is 4.98 Å². The summed E-state index contributed by atoms with van der Waals surface area (Å²) < 4.78 is 11.9. The monoisotopic (exact) mass is 482 g/mol. The highest BCUT2D eigenvalue weighted by molar-refractivity contribution is 5.95. The van der Waals surface area contributed by atoms with Gasteiger partial charge < -0.3 is 18.8 Å². The minimum Gasteiger partial charge on any atom is -0.507 e. The second kappa shape index (κ2) is 10.3. The normalized spacial score (nSPS) is 11.4. The highest BCUT2D eigenvalue weighted by Gasteiger charge is 2.17. The van der Waals surface area contributed by atoms with Crippen LogP contribution in [0.25, 0.3) is 44.8 Å². The van der Waals surface area contributed by atoms with Crippen LogP contribution in [-0.2, 0) is 0 Å². The number of hydrogen-bond donors (Lipinski definition) is 1. The van der Waals surface area contributed by atoms with Gasteiger partial charge in [0.2, 0.25) is 5.89 Å². The number of benzene rings is 3. The molecular formula is C30H30N2O4. The molecule has 0 spiro atoms. The van der Waals surface area contributed by atoms with Crippen molar-refractivity contribution in [2.45, 2.75) is 39.5 Å². The number of unbranched alkanes of at least 4 members (excludes halogenated alkanes) is 2. The first-order valence-corrected chi connectivity index (χ1v) is 12.6. The number of aromatic hydroxyl groups is 1. The van der Waals surface area contributed by atoms with Crippen LogP contribution in [0, 0.1) is 0 Å². The number of fused-ring (bicyclic) bond motifs is 2. The Morgan fingerprint density at radius 3 is 2.36 bits per heavy atom. The van der Waals surface area contributed by atoms with Gasteiger partial charge in [-0.1, -0.05) is 32.8 Å². The Morgan fingerprint density at radius 2 is 1.67 bits per heavy atom. The summed E-state index contributed by atoms with van der Waals surface area (Å²) in [6.07, 6.45) is 5.46. The molecule has 0 aliphatic heterocycles. The van der Waals surface area contributed by atoms with Gasteiger partial charge >= 0.3 is 0 Å². The molecule has 36 heavy (non-hydrogen) atoms. The fourth-order valence-electron chi connectivity index (χ4n) is 4.47. The van der Waals surface area contributed by atoms with Gasteiger partial charge in [0.15, 0.2) is 11.9 Å². The lowest BCUT2D eigenvalue weighted by Crippen LogP contribution is -2.25. The molecule has 0 aliphatic rings. The molecule has 5 aromatic rings. The quantitative estimate of drug-likeness (QED) is 0.204. The second-order valence-corrected chi connectivity index (χ2v) is 9.09. The molecule has 0 fully saturated rings. The summed E-state index contributed by atoms with van der Waals surface area (Å²) in [6, 6.07) is 19.0. The van der Waals surface area contributed by atoms with Gasteiger partial charge in [0, 0.05) is 41.4 Å². The maximum absolute atomic E-state index is 11.4. The number of phenols is 1. The summed E-state index contributed by atoms with van der Waals surface area (Å²) >= 11 is 0. The number of oxazole rings is 1. The topological polar surface area (TPSA) is 79.7 Å². The molecule has 0 aliphatic carbocycles. The number of furan rings is 1. The van der Waals surface area contributed by atoms with Crippen LogP contribution >= 0.6 is 0 Å². The van der Waals surface area contributed by atoms with Crippen LogP contribution in [0.3, 0.4) is 0 Å². The Morgan fingerprint density at radius 1 is 0.917 bits per heavy atom. The van der Waals surface area contributed by atoms with Crippen LogP contribution in [0.2, 0.25) is 0 Å². The minimum atomic E-state index is 0.000414. The SMILES string of the molecule is CCCCN(CCCC)c1ccc(-c2cc3cc(-c4nc5c(C=O)cccc5o4)c(O)cc3o2)cc1. The standard InChI is InChI=1S/C30H30N2O4/c1-3-5-14-32(15-6-4-2)23-12-10-20(11-13-23)27-17-22-16-24(25(34)18-28(22)35-27)30-31-29-21(19-33)8-7-9-26(29)36-30/h7-13,16-19,34H,3-6,14-15H2,1-2H3. The van der Waals surface area contributed by atoms with E-state index >= 15 is 0 Å². The molecule has 0 amide bonds. The first-order chi connectivity index (χ1) is 17.6. The van der Waals surface area contributed by atoms with Gasteiger partial charge in [0.25, 0.3) is 0 Å². The van der Waals surface area contributed by atoms with Gasteiger partial charge in [-0.2, -0.15) is 0 Å². The Labute approximate surface area is 210 Å². The molecule has 0 bridgehead atoms. The smallest absolute Gasteiger partial charge is 0.231 e. The molecule has 0 saturated heterocycles. The van der Waals surface area contributed by atoms with Crippen molar-refractivity contribution in [2.75, 3.05) is 18.0 Å². The maximum atomic E-state index is 11.4. The van der Waals surface area contributed by atoms with Gasteiger partial charge in [-0.3, -0.25) is 4.79 Å². The van der Waals surface area contributed by atoms with Crippen molar-refractivity contribution in [3.63, 3.8) is 0 Å². The predicted octanol–water partition coefficient (Wildman–Crippen LogP) is 7.83. The van der Waals surface area contributed by atoms with E-state index in [9.17, 15) is 9.90 Å². The van der Waals surface area contributed by atoms with Crippen LogP contribution in [0.4, 0.5) is 5.69 Å². The molecular weight excluding hydrogens is 452 g/mol. The van der Waals surface area contributed by atoms with E-state index in [0.29, 0.717) is 27.8 Å². The maximum Gasteiger partial charge on any atom is 0.231 e. The summed E-state index contributed by atoms with van der Waals surface area (Å²) in [7, 11) is 0. The predicted molar refractivity (Wildman–Crippen MR) is 144 cm³/mol. The molecule has 184 valence electrons. The zero-order valence-electron chi connectivity index (χ0n) is 20.7. The zero-order chi connectivity index (χ0) is 25.1. The fourth-order valence-corrected chi connectivity index (χ4v) is 4.47. The van der Waals surface area contributed by atoms with Gasteiger partial charge in [-0.15, -0.1) is 0 Å². The van der Waals surface area contributed by atoms with Crippen molar-refractivity contribution < 1.29 is 18.7 Å². The van der Waals surface area contributed by atoms with Crippen molar-refractivity contribution in [1.29, 1.82) is 0 Å². The molecule has 3 aromatic carbocycles. The van der Waals surface area contributed by atoms with Crippen molar-refractivity contribution >= 4 is 34.0 Å². The van der Waals surface area contributed by atoms with E-state index in [4.69, 9.17) is 8.83 Å². The third-order valence-corrected chi connectivity index (χ3v) is 6.52. The van der Waals surface area contributed by atoms with E-state index in [0.717, 1.165) is 36.1 Å². The van der Waals surface area contributed by atoms with Crippen molar-refractivity contribution in [3.8, 4) is 28.5 Å². The number of para-hydroxylation sites is 1. The largest absolute Gasteiger partial charge is 0.507 e. The zero-order valence-corrected chi connectivity index (χ0v) is 20.7. The molecule has 0 saturated carbocycles. The summed E-state index contributed by atoms with van der Waals surface area (Å²) in [5.74, 6) is 0.980. The lowest BCUT2D eigenvalue weighted by Gasteiger charge is -2.24. The molecule has 0 atom stereocenters. The summed E-state index contributed by atoms with van der Waals surface area (Å²) in [5.41, 5.74) is 4.63. The van der Waals surface area contributed by atoms with Crippen LogP contribution in [0.1, 0.15) is 49.9 Å². The Bertz CT molecular complexity index is 1490. The van der Waals surface area contributed by atoms with E-state index < -0.39 is 0 Å². The second-order valence-electron chi connectivity index (χ2n) is 9.09. The van der Waals surface area contributed by atoms with Gasteiger partial charge in [-0.05, 0) is 61.4 Å². The minimum absolute atomic E-state index is 0.000414. The highest BCUT2D eigenvalue weighted by Crippen LogP contribution is 2.38. The fraction of sp³-hybridized carbons (Fsp3) is 0.267. The van der Waals surface area contributed by atoms with Crippen LogP contribution in [0.5, 0.6) is 5.75 Å². The van der Waals surface area contributed by atoms with E-state index in [1.807, 2.05) is 6.07 Å². The van der Waals surface area contributed by atoms with Crippen molar-refractivity contribution in [2.24, 2.45) is 0 Å². The van der Waals surface area contributed by atoms with E-state index in [1.54, 1.807) is 30.3 Å². The van der Waals surface area contributed by atoms with Gasteiger partial charge in [0.05, 0.1) is 5.56 Å². The molecule has 6 heteroatoms. The number of rotatable bonds is 10. The molecule has 2 aromatic heterocycles. The summed E-state index contributed by atoms with van der Waals surface area (Å²) in [5, 5.41) is 11.5. The molecule has 0 radical (unpaired) electrons. The Kier molecular flexibility index (Phi) is 6.76. The highest BCUT2D eigenvalue weighted by atomic mass is 16.4. The van der Waals surface area contributed by atoms with E-state index in [2.05, 4.69) is 48.0 Å². The molecule has 1 N–H and O–H groups in total. The number of phenolic OH excluding ortho intramolecular Hbond substituents is 1. The summed E-state index contributed by atoms with van der Waals surface area (Å²) in [6.45, 7) is 6.57. The average molecular weight is 483 g/mol. The lowest BCUT2D eigenvalue weighted by atomic mass is 10.1. The first-order valence-electron chi connectivity index (χ1n) is 12.6. The van der Waals surface area contributed by atoms with Crippen molar-refractivity contribution in [3.05, 3.63) is 66.2 Å². The Balaban J connectivity index is 1.45. The number of carbonyl (C=O) groups excluding carboxylic acids is 1.